The molecule has 4 heteroatoms. The number of rotatable bonds is 4. The second kappa shape index (κ2) is 5.81. The first-order valence-electron chi connectivity index (χ1n) is 5.73. The van der Waals surface area contributed by atoms with Gasteiger partial charge in [0.15, 0.2) is 0 Å². The van der Waals surface area contributed by atoms with E-state index in [1.165, 1.54) is 0 Å². The largest absolute Gasteiger partial charge is 0.494 e. The number of alkyl halides is 1. The molecule has 0 aliphatic heterocycles. The molecule has 18 heavy (non-hydrogen) atoms. The third-order valence-electron chi connectivity index (χ3n) is 2.60. The molecule has 0 aliphatic carbocycles. The molecule has 1 aromatic heterocycles. The zero-order valence-electron chi connectivity index (χ0n) is 10.2. The van der Waals surface area contributed by atoms with Gasteiger partial charge in [0, 0.05) is 10.0 Å². The lowest BCUT2D eigenvalue weighted by Crippen LogP contribution is -1.95. The molecule has 2 rings (SSSR count). The molecule has 1 unspecified atom stereocenters. The highest BCUT2D eigenvalue weighted by atomic mass is 79.9. The summed E-state index contributed by atoms with van der Waals surface area (Å²) in [5, 5.41) is -0.229. The van der Waals surface area contributed by atoms with Crippen molar-refractivity contribution in [3.63, 3.8) is 0 Å². The fourth-order valence-electron chi connectivity index (χ4n) is 1.75. The van der Waals surface area contributed by atoms with Gasteiger partial charge in [0.2, 0.25) is 0 Å². The van der Waals surface area contributed by atoms with Gasteiger partial charge in [-0.05, 0) is 37.6 Å². The van der Waals surface area contributed by atoms with Crippen LogP contribution >= 0.6 is 27.5 Å². The SMILES string of the molecule is CCOc1ccc(C(Cl)c2coc(C)c2)c(Br)c1. The van der Waals surface area contributed by atoms with Gasteiger partial charge in [0.1, 0.15) is 11.5 Å². The lowest BCUT2D eigenvalue weighted by atomic mass is 10.1. The minimum atomic E-state index is -0.229. The molecule has 1 aromatic carbocycles. The maximum atomic E-state index is 6.45. The summed E-state index contributed by atoms with van der Waals surface area (Å²) in [4.78, 5) is 0. The predicted octanol–water partition coefficient (Wildman–Crippen LogP) is 5.08. The van der Waals surface area contributed by atoms with Gasteiger partial charge in [-0.1, -0.05) is 22.0 Å². The van der Waals surface area contributed by atoms with E-state index in [4.69, 9.17) is 20.8 Å². The van der Waals surface area contributed by atoms with Crippen LogP contribution in [-0.2, 0) is 0 Å². The Kier molecular flexibility index (Phi) is 4.36. The van der Waals surface area contributed by atoms with Crippen LogP contribution in [-0.4, -0.2) is 6.61 Å². The Balaban J connectivity index is 2.28. The van der Waals surface area contributed by atoms with E-state index >= 15 is 0 Å². The van der Waals surface area contributed by atoms with Crippen molar-refractivity contribution in [2.24, 2.45) is 0 Å². The smallest absolute Gasteiger partial charge is 0.120 e. The Bertz CT molecular complexity index is 536. The van der Waals surface area contributed by atoms with Gasteiger partial charge in [0.25, 0.3) is 0 Å². The number of ether oxygens (including phenoxy) is 1. The quantitative estimate of drug-likeness (QED) is 0.730. The third kappa shape index (κ3) is 2.90. The second-order valence-electron chi connectivity index (χ2n) is 3.97. The lowest BCUT2D eigenvalue weighted by Gasteiger charge is -2.11. The van der Waals surface area contributed by atoms with E-state index in [1.54, 1.807) is 6.26 Å². The van der Waals surface area contributed by atoms with Crippen LogP contribution in [0.4, 0.5) is 0 Å². The molecule has 2 aromatic rings. The van der Waals surface area contributed by atoms with Crippen molar-refractivity contribution in [1.29, 1.82) is 0 Å². The van der Waals surface area contributed by atoms with Gasteiger partial charge < -0.3 is 9.15 Å². The summed E-state index contributed by atoms with van der Waals surface area (Å²) in [6.07, 6.45) is 1.69. The highest BCUT2D eigenvalue weighted by Gasteiger charge is 2.16. The Morgan fingerprint density at radius 2 is 2.17 bits per heavy atom. The zero-order valence-corrected chi connectivity index (χ0v) is 12.6. The first-order chi connectivity index (χ1) is 8.61. The summed E-state index contributed by atoms with van der Waals surface area (Å²) in [6, 6.07) is 7.77. The van der Waals surface area contributed by atoms with Crippen LogP contribution < -0.4 is 4.74 Å². The molecule has 0 saturated heterocycles. The average molecular weight is 330 g/mol. The molecule has 0 fully saturated rings. The molecule has 0 radical (unpaired) electrons. The van der Waals surface area contributed by atoms with Gasteiger partial charge in [0.05, 0.1) is 18.2 Å². The van der Waals surface area contributed by atoms with Crippen LogP contribution in [0, 0.1) is 6.92 Å². The Morgan fingerprint density at radius 1 is 1.39 bits per heavy atom. The number of hydrogen-bond donors (Lipinski definition) is 0. The summed E-state index contributed by atoms with van der Waals surface area (Å²) in [5.41, 5.74) is 1.96. The summed E-state index contributed by atoms with van der Waals surface area (Å²) < 4.78 is 11.7. The Hall–Kier alpha value is -0.930. The topological polar surface area (TPSA) is 22.4 Å². The number of hydrogen-bond acceptors (Lipinski definition) is 2. The standard InChI is InChI=1S/C14H14BrClO2/c1-3-17-11-4-5-12(13(15)7-11)14(16)10-6-9(2)18-8-10/h4-8,14H,3H2,1-2H3. The fraction of sp³-hybridized carbons (Fsp3) is 0.286. The summed E-state index contributed by atoms with van der Waals surface area (Å²) in [6.45, 7) is 4.51. The third-order valence-corrected chi connectivity index (χ3v) is 3.77. The van der Waals surface area contributed by atoms with Crippen molar-refractivity contribution in [2.45, 2.75) is 19.2 Å². The maximum absolute atomic E-state index is 6.45. The van der Waals surface area contributed by atoms with E-state index in [1.807, 2.05) is 38.1 Å². The predicted molar refractivity (Wildman–Crippen MR) is 76.5 cm³/mol. The molecule has 1 heterocycles. The molecule has 0 saturated carbocycles. The van der Waals surface area contributed by atoms with Crippen LogP contribution in [0.1, 0.15) is 29.2 Å². The summed E-state index contributed by atoms with van der Waals surface area (Å²) in [7, 11) is 0. The van der Waals surface area contributed by atoms with Gasteiger partial charge in [-0.25, -0.2) is 0 Å². The van der Waals surface area contributed by atoms with Crippen molar-refractivity contribution in [3.8, 4) is 5.75 Å². The van der Waals surface area contributed by atoms with Crippen LogP contribution in [0.25, 0.3) is 0 Å². The molecular weight excluding hydrogens is 316 g/mol. The molecule has 1 atom stereocenters. The highest BCUT2D eigenvalue weighted by Crippen LogP contribution is 2.36. The molecule has 0 aliphatic rings. The lowest BCUT2D eigenvalue weighted by molar-refractivity contribution is 0.340. The van der Waals surface area contributed by atoms with E-state index in [0.29, 0.717) is 6.61 Å². The van der Waals surface area contributed by atoms with Crippen molar-refractivity contribution in [2.75, 3.05) is 6.61 Å². The number of furan rings is 1. The second-order valence-corrected chi connectivity index (χ2v) is 5.26. The first kappa shape index (κ1) is 13.5. The highest BCUT2D eigenvalue weighted by molar-refractivity contribution is 9.10. The minimum Gasteiger partial charge on any atom is -0.494 e. The molecule has 96 valence electrons. The monoisotopic (exact) mass is 328 g/mol. The molecule has 0 spiro atoms. The maximum Gasteiger partial charge on any atom is 0.120 e. The van der Waals surface area contributed by atoms with E-state index in [0.717, 1.165) is 27.1 Å². The van der Waals surface area contributed by atoms with Crippen molar-refractivity contribution in [1.82, 2.24) is 0 Å². The molecule has 0 N–H and O–H groups in total. The molecular formula is C14H14BrClO2. The molecule has 0 bridgehead atoms. The van der Waals surface area contributed by atoms with Gasteiger partial charge in [-0.3, -0.25) is 0 Å². The number of aryl methyl sites for hydroxylation is 1. The van der Waals surface area contributed by atoms with Crippen LogP contribution in [0.5, 0.6) is 5.75 Å². The normalized spacial score (nSPS) is 12.4. The van der Waals surface area contributed by atoms with E-state index in [9.17, 15) is 0 Å². The fourth-order valence-corrected chi connectivity index (χ4v) is 2.77. The molecule has 0 amide bonds. The number of halogens is 2. The van der Waals surface area contributed by atoms with Gasteiger partial charge in [-0.15, -0.1) is 11.6 Å². The zero-order chi connectivity index (χ0) is 13.1. The van der Waals surface area contributed by atoms with Crippen molar-refractivity contribution in [3.05, 3.63) is 51.9 Å². The van der Waals surface area contributed by atoms with E-state index in [2.05, 4.69) is 15.9 Å². The average Bonchev–Trinajstić information content (AvgIpc) is 2.76. The van der Waals surface area contributed by atoms with Crippen molar-refractivity contribution < 1.29 is 9.15 Å². The minimum absolute atomic E-state index is 0.229. The van der Waals surface area contributed by atoms with Crippen LogP contribution in [0.2, 0.25) is 0 Å². The Morgan fingerprint density at radius 3 is 2.72 bits per heavy atom. The van der Waals surface area contributed by atoms with E-state index in [-0.39, 0.29) is 5.38 Å². The van der Waals surface area contributed by atoms with Gasteiger partial charge in [-0.2, -0.15) is 0 Å². The van der Waals surface area contributed by atoms with Gasteiger partial charge >= 0.3 is 0 Å². The summed E-state index contributed by atoms with van der Waals surface area (Å²) >= 11 is 9.98. The summed E-state index contributed by atoms with van der Waals surface area (Å²) in [5.74, 6) is 1.69. The Labute approximate surface area is 120 Å². The van der Waals surface area contributed by atoms with Crippen LogP contribution in [0.3, 0.4) is 0 Å². The van der Waals surface area contributed by atoms with E-state index < -0.39 is 0 Å². The van der Waals surface area contributed by atoms with Crippen molar-refractivity contribution >= 4 is 27.5 Å². The van der Waals surface area contributed by atoms with Crippen LogP contribution in [0.15, 0.2) is 39.4 Å². The number of benzene rings is 1. The molecule has 2 nitrogen and oxygen atoms in total. The first-order valence-corrected chi connectivity index (χ1v) is 6.96.